The van der Waals surface area contributed by atoms with Gasteiger partial charge in [-0.05, 0) is 56.0 Å². The van der Waals surface area contributed by atoms with Gasteiger partial charge >= 0.3 is 0 Å². The van der Waals surface area contributed by atoms with E-state index in [1.54, 1.807) is 0 Å². The lowest BCUT2D eigenvalue weighted by Crippen LogP contribution is -2.23. The molecule has 0 unspecified atom stereocenters. The van der Waals surface area contributed by atoms with Crippen molar-refractivity contribution in [2.24, 2.45) is 11.8 Å². The van der Waals surface area contributed by atoms with Crippen molar-refractivity contribution in [1.82, 2.24) is 4.37 Å². The van der Waals surface area contributed by atoms with Gasteiger partial charge in [0, 0.05) is 6.04 Å². The van der Waals surface area contributed by atoms with E-state index in [-0.39, 0.29) is 0 Å². The molecular weight excluding hydrogens is 234 g/mol. The van der Waals surface area contributed by atoms with Crippen LogP contribution in [0.5, 0.6) is 5.75 Å². The number of aromatic nitrogens is 1. The summed E-state index contributed by atoms with van der Waals surface area (Å²) in [4.78, 5) is 0. The van der Waals surface area contributed by atoms with Crippen LogP contribution in [0.15, 0.2) is 0 Å². The van der Waals surface area contributed by atoms with Crippen molar-refractivity contribution in [3.8, 4) is 5.75 Å². The molecule has 0 radical (unpaired) electrons. The predicted molar refractivity (Wildman–Crippen MR) is 70.6 cm³/mol. The van der Waals surface area contributed by atoms with Gasteiger partial charge in [0.25, 0.3) is 0 Å². The van der Waals surface area contributed by atoms with E-state index >= 15 is 0 Å². The minimum atomic E-state index is 0.518. The van der Waals surface area contributed by atoms with Gasteiger partial charge in [-0.3, -0.25) is 0 Å². The number of hydrogen-bond acceptors (Lipinski definition) is 5. The highest BCUT2D eigenvalue weighted by atomic mass is 32.1. The Morgan fingerprint density at radius 1 is 1.41 bits per heavy atom. The Kier molecular flexibility index (Phi) is 2.86. The predicted octanol–water partition coefficient (Wildman–Crippen LogP) is 2.72. The average molecular weight is 253 g/mol. The highest BCUT2D eigenvalue weighted by Crippen LogP contribution is 2.47. The lowest BCUT2D eigenvalue weighted by molar-refractivity contribution is 0.343. The molecule has 3 rings (SSSR count). The summed E-state index contributed by atoms with van der Waals surface area (Å²) in [5, 5.41) is 4.65. The number of nitrogens with one attached hydrogen (secondary N) is 1. The Labute approximate surface area is 106 Å². The molecule has 2 saturated carbocycles. The summed E-state index contributed by atoms with van der Waals surface area (Å²) < 4.78 is 9.75. The maximum absolute atomic E-state index is 5.82. The topological polar surface area (TPSA) is 60.2 Å². The van der Waals surface area contributed by atoms with Crippen LogP contribution >= 0.6 is 11.5 Å². The summed E-state index contributed by atoms with van der Waals surface area (Å²) >= 11 is 1.42. The molecule has 0 spiro atoms. The van der Waals surface area contributed by atoms with Crippen LogP contribution in [0.3, 0.4) is 0 Å². The smallest absolute Gasteiger partial charge is 0.197 e. The van der Waals surface area contributed by atoms with E-state index in [2.05, 4.69) is 9.69 Å². The summed E-state index contributed by atoms with van der Waals surface area (Å²) in [5.41, 5.74) is 5.82. The van der Waals surface area contributed by atoms with Crippen LogP contribution in [0.1, 0.15) is 32.6 Å². The van der Waals surface area contributed by atoms with Crippen LogP contribution in [0, 0.1) is 11.8 Å². The molecule has 0 saturated heterocycles. The minimum absolute atomic E-state index is 0.518. The minimum Gasteiger partial charge on any atom is -0.487 e. The lowest BCUT2D eigenvalue weighted by Gasteiger charge is -2.18. The molecule has 3 N–H and O–H groups in total. The molecule has 1 aromatic heterocycles. The molecule has 2 aliphatic rings. The summed E-state index contributed by atoms with van der Waals surface area (Å²) in [6, 6.07) is 0.619. The van der Waals surface area contributed by atoms with Crippen LogP contribution in [0.2, 0.25) is 0 Å². The first-order valence-corrected chi connectivity index (χ1v) is 7.21. The van der Waals surface area contributed by atoms with Gasteiger partial charge in [0.2, 0.25) is 0 Å². The zero-order valence-electron chi connectivity index (χ0n) is 10.1. The normalized spacial score (nSPS) is 19.6. The number of hydrogen-bond donors (Lipinski definition) is 2. The van der Waals surface area contributed by atoms with Crippen molar-refractivity contribution in [2.45, 2.75) is 38.6 Å². The van der Waals surface area contributed by atoms with Gasteiger partial charge in [-0.2, -0.15) is 4.37 Å². The van der Waals surface area contributed by atoms with Crippen molar-refractivity contribution < 1.29 is 4.74 Å². The van der Waals surface area contributed by atoms with Crippen molar-refractivity contribution in [1.29, 1.82) is 0 Å². The number of nitrogens with two attached hydrogens (primary N) is 1. The van der Waals surface area contributed by atoms with E-state index in [0.717, 1.165) is 22.6 Å². The number of nitrogens with zero attached hydrogens (tertiary/aromatic N) is 1. The van der Waals surface area contributed by atoms with Crippen molar-refractivity contribution in [2.75, 3.05) is 17.7 Å². The Hall–Kier alpha value is -0.970. The van der Waals surface area contributed by atoms with Crippen LogP contribution in [0.4, 0.5) is 10.8 Å². The van der Waals surface area contributed by atoms with Crippen LogP contribution in [-0.2, 0) is 0 Å². The Morgan fingerprint density at radius 2 is 2.06 bits per heavy atom. The third-order valence-corrected chi connectivity index (χ3v) is 4.29. The fraction of sp³-hybridized carbons (Fsp3) is 0.750. The molecule has 0 aliphatic heterocycles. The molecule has 0 bridgehead atoms. The van der Waals surface area contributed by atoms with Gasteiger partial charge in [0.1, 0.15) is 0 Å². The Balaban J connectivity index is 1.74. The molecule has 2 fully saturated rings. The zero-order valence-corrected chi connectivity index (χ0v) is 10.9. The van der Waals surface area contributed by atoms with Crippen molar-refractivity contribution >= 4 is 22.4 Å². The Morgan fingerprint density at radius 3 is 2.59 bits per heavy atom. The molecule has 94 valence electrons. The number of nitrogen functional groups attached to an aromatic ring is 1. The van der Waals surface area contributed by atoms with Crippen LogP contribution < -0.4 is 15.8 Å². The molecule has 0 aromatic carbocycles. The second-order valence-electron chi connectivity index (χ2n) is 5.00. The lowest BCUT2D eigenvalue weighted by atomic mass is 10.1. The molecule has 4 nitrogen and oxygen atoms in total. The van der Waals surface area contributed by atoms with Gasteiger partial charge in [0.05, 0.1) is 6.61 Å². The quantitative estimate of drug-likeness (QED) is 0.818. The first-order chi connectivity index (χ1) is 8.29. The third-order valence-electron chi connectivity index (χ3n) is 3.52. The largest absolute Gasteiger partial charge is 0.487 e. The second kappa shape index (κ2) is 4.37. The molecule has 0 atom stereocenters. The number of anilines is 2. The van der Waals surface area contributed by atoms with Crippen LogP contribution in [0.25, 0.3) is 0 Å². The van der Waals surface area contributed by atoms with Gasteiger partial charge in [-0.25, -0.2) is 0 Å². The summed E-state index contributed by atoms with van der Waals surface area (Å²) in [7, 11) is 0. The molecule has 1 heterocycles. The standard InChI is InChI=1S/C12H19N3OS/c1-2-16-10-11(13)15-17-12(10)14-9(7-3-4-7)8-5-6-8/h7-9,14H,2-6H2,1H3,(H2,13,15). The highest BCUT2D eigenvalue weighted by Gasteiger charge is 2.42. The molecule has 2 aliphatic carbocycles. The highest BCUT2D eigenvalue weighted by molar-refractivity contribution is 7.11. The number of ether oxygens (including phenoxy) is 1. The van der Waals surface area contributed by atoms with E-state index in [9.17, 15) is 0 Å². The monoisotopic (exact) mass is 253 g/mol. The Bertz CT molecular complexity index is 386. The molecular formula is C12H19N3OS. The summed E-state index contributed by atoms with van der Waals surface area (Å²) in [6.07, 6.45) is 5.47. The molecule has 0 amide bonds. The maximum Gasteiger partial charge on any atom is 0.197 e. The summed E-state index contributed by atoms with van der Waals surface area (Å²) in [6.45, 7) is 2.61. The maximum atomic E-state index is 5.82. The first kappa shape index (κ1) is 11.1. The molecule has 5 heteroatoms. The second-order valence-corrected chi connectivity index (χ2v) is 5.78. The van der Waals surface area contributed by atoms with E-state index in [1.807, 2.05) is 6.92 Å². The van der Waals surface area contributed by atoms with Crippen molar-refractivity contribution in [3.63, 3.8) is 0 Å². The molecule has 1 aromatic rings. The average Bonchev–Trinajstić information content (AvgIpc) is 3.20. The van der Waals surface area contributed by atoms with Gasteiger partial charge in [-0.1, -0.05) is 0 Å². The van der Waals surface area contributed by atoms with Crippen molar-refractivity contribution in [3.05, 3.63) is 0 Å². The van der Waals surface area contributed by atoms with E-state index < -0.39 is 0 Å². The van der Waals surface area contributed by atoms with Crippen LogP contribution in [-0.4, -0.2) is 17.0 Å². The summed E-state index contributed by atoms with van der Waals surface area (Å²) in [5.74, 6) is 2.99. The van der Waals surface area contributed by atoms with Gasteiger partial charge < -0.3 is 15.8 Å². The zero-order chi connectivity index (χ0) is 11.8. The fourth-order valence-corrected chi connectivity index (χ4v) is 3.06. The first-order valence-electron chi connectivity index (χ1n) is 6.44. The third kappa shape index (κ3) is 2.34. The van der Waals surface area contributed by atoms with E-state index in [4.69, 9.17) is 10.5 Å². The van der Waals surface area contributed by atoms with Gasteiger partial charge in [-0.15, -0.1) is 0 Å². The molecule has 17 heavy (non-hydrogen) atoms. The number of rotatable bonds is 6. The SMILES string of the molecule is CCOc1c(N)nsc1NC(C1CC1)C1CC1. The van der Waals surface area contributed by atoms with E-state index in [1.165, 1.54) is 37.2 Å². The van der Waals surface area contributed by atoms with Gasteiger partial charge in [0.15, 0.2) is 16.6 Å². The van der Waals surface area contributed by atoms with E-state index in [0.29, 0.717) is 18.5 Å². The fourth-order valence-electron chi connectivity index (χ4n) is 2.35.